The van der Waals surface area contributed by atoms with E-state index in [0.29, 0.717) is 0 Å². The molecule has 1 N–H and O–H groups in total. The van der Waals surface area contributed by atoms with Gasteiger partial charge in [0, 0.05) is 0 Å². The highest BCUT2D eigenvalue weighted by Crippen LogP contribution is 2.26. The predicted octanol–water partition coefficient (Wildman–Crippen LogP) is 2.97. The monoisotopic (exact) mass is 370 g/mol. The van der Waals surface area contributed by atoms with Crippen LogP contribution in [-0.4, -0.2) is 29.5 Å². The van der Waals surface area contributed by atoms with Gasteiger partial charge in [-0.05, 0) is 25.1 Å². The first-order valence-corrected chi connectivity index (χ1v) is 7.08. The summed E-state index contributed by atoms with van der Waals surface area (Å²) in [4.78, 5) is 33.5. The van der Waals surface area contributed by atoms with E-state index in [0.717, 1.165) is 12.1 Å². The number of benzene rings is 1. The minimum atomic E-state index is -3.09. The van der Waals surface area contributed by atoms with Gasteiger partial charge < -0.3 is 19.2 Å². The Bertz CT molecular complexity index is 822. The molecule has 1 aromatic carbocycles. The number of hydrogen-bond acceptors (Lipinski definition) is 7. The number of carbonyl (C=O) groups excluding carboxylic acids is 2. The number of halogens is 2. The summed E-state index contributed by atoms with van der Waals surface area (Å²) in [5, 5.41) is 12.8. The summed E-state index contributed by atoms with van der Waals surface area (Å²) in [6, 6.07) is 7.43. The molecule has 2 aromatic rings. The van der Waals surface area contributed by atoms with E-state index in [4.69, 9.17) is 4.74 Å². The van der Waals surface area contributed by atoms with Crippen LogP contribution in [0.3, 0.4) is 0 Å². The topological polar surface area (TPSA) is 121 Å². The van der Waals surface area contributed by atoms with Crippen molar-refractivity contribution in [3.63, 3.8) is 0 Å². The number of carbonyl (C=O) groups is 2. The average molecular weight is 370 g/mol. The van der Waals surface area contributed by atoms with Crippen molar-refractivity contribution in [2.45, 2.75) is 19.6 Å². The summed E-state index contributed by atoms with van der Waals surface area (Å²) in [6.07, 6.45) is -1.34. The molecule has 2 rings (SSSR count). The molecule has 26 heavy (non-hydrogen) atoms. The fourth-order valence-corrected chi connectivity index (χ4v) is 1.81. The Labute approximate surface area is 144 Å². The van der Waals surface area contributed by atoms with Gasteiger partial charge in [0.15, 0.2) is 6.10 Å². The van der Waals surface area contributed by atoms with Gasteiger partial charge in [-0.15, -0.1) is 0 Å². The smallest absolute Gasteiger partial charge is 0.433 e. The van der Waals surface area contributed by atoms with E-state index in [-0.39, 0.29) is 11.4 Å². The van der Waals surface area contributed by atoms with Crippen molar-refractivity contribution < 1.29 is 37.2 Å². The lowest BCUT2D eigenvalue weighted by Crippen LogP contribution is -2.30. The van der Waals surface area contributed by atoms with E-state index in [9.17, 15) is 28.5 Å². The molecule has 0 aliphatic rings. The summed E-state index contributed by atoms with van der Waals surface area (Å²) >= 11 is 0. The second-order valence-corrected chi connectivity index (χ2v) is 4.81. The number of nitrogens with zero attached hydrogens (tertiary/aromatic N) is 1. The third-order valence-corrected chi connectivity index (χ3v) is 2.99. The van der Waals surface area contributed by atoms with Crippen molar-refractivity contribution in [1.29, 1.82) is 0 Å². The minimum Gasteiger partial charge on any atom is -0.447 e. The zero-order valence-electron chi connectivity index (χ0n) is 13.2. The Morgan fingerprint density at radius 1 is 1.23 bits per heavy atom. The molecule has 0 saturated carbocycles. The van der Waals surface area contributed by atoms with Gasteiger partial charge in [0.05, 0.1) is 11.8 Å². The number of ether oxygens (including phenoxy) is 2. The van der Waals surface area contributed by atoms with Crippen LogP contribution in [0.15, 0.2) is 40.8 Å². The molecular formula is C15H12F2N2O7. The molecule has 1 amide bonds. The molecule has 11 heteroatoms. The molecule has 9 nitrogen and oxygen atoms in total. The third kappa shape index (κ3) is 4.75. The SMILES string of the molecule is C[C@H](OC(=O)c1ccc([N+](=O)[O-])o1)C(=O)Nc1ccccc1OC(F)F. The van der Waals surface area contributed by atoms with Crippen LogP contribution in [0.2, 0.25) is 0 Å². The standard InChI is InChI=1S/C15H12F2N2O7/c1-8(24-14(21)11-6-7-12(25-11)19(22)23)13(20)18-9-4-2-3-5-10(9)26-15(16)17/h2-8,15H,1H3,(H,18,20)/t8-/m0/s1. The summed E-state index contributed by atoms with van der Waals surface area (Å²) in [5.41, 5.74) is -0.0469. The van der Waals surface area contributed by atoms with Gasteiger partial charge in [0.1, 0.15) is 10.7 Å². The Morgan fingerprint density at radius 3 is 2.54 bits per heavy atom. The van der Waals surface area contributed by atoms with Crippen LogP contribution in [0, 0.1) is 10.1 Å². The lowest BCUT2D eigenvalue weighted by Gasteiger charge is -2.15. The second-order valence-electron chi connectivity index (χ2n) is 4.81. The number of amides is 1. The molecule has 0 radical (unpaired) electrons. The van der Waals surface area contributed by atoms with E-state index >= 15 is 0 Å². The van der Waals surface area contributed by atoms with Gasteiger partial charge in [0.25, 0.3) is 5.91 Å². The maximum Gasteiger partial charge on any atom is 0.433 e. The lowest BCUT2D eigenvalue weighted by molar-refractivity contribution is -0.402. The molecular weight excluding hydrogens is 358 g/mol. The van der Waals surface area contributed by atoms with Crippen LogP contribution in [0.1, 0.15) is 17.5 Å². The Morgan fingerprint density at radius 2 is 1.92 bits per heavy atom. The molecule has 1 aromatic heterocycles. The molecule has 0 spiro atoms. The maximum atomic E-state index is 12.4. The quantitative estimate of drug-likeness (QED) is 0.452. The summed E-state index contributed by atoms with van der Waals surface area (Å²) in [6.45, 7) is -1.86. The maximum absolute atomic E-state index is 12.4. The van der Waals surface area contributed by atoms with Gasteiger partial charge in [0.2, 0.25) is 5.76 Å². The van der Waals surface area contributed by atoms with E-state index in [2.05, 4.69) is 14.5 Å². The molecule has 1 atom stereocenters. The number of para-hydroxylation sites is 2. The molecule has 1 heterocycles. The molecule has 138 valence electrons. The van der Waals surface area contributed by atoms with E-state index in [1.165, 1.54) is 31.2 Å². The first-order valence-electron chi connectivity index (χ1n) is 7.08. The molecule has 0 aliphatic carbocycles. The second kappa shape index (κ2) is 8.05. The van der Waals surface area contributed by atoms with Crippen LogP contribution in [0.5, 0.6) is 5.75 Å². The van der Waals surface area contributed by atoms with Crippen LogP contribution < -0.4 is 10.1 Å². The number of nitro groups is 1. The molecule has 0 aliphatic heterocycles. The molecule has 0 fully saturated rings. The Kier molecular flexibility index (Phi) is 5.83. The fourth-order valence-electron chi connectivity index (χ4n) is 1.81. The zero-order chi connectivity index (χ0) is 19.3. The lowest BCUT2D eigenvalue weighted by atomic mass is 10.2. The first-order chi connectivity index (χ1) is 12.3. The van der Waals surface area contributed by atoms with Crippen LogP contribution in [0.25, 0.3) is 0 Å². The van der Waals surface area contributed by atoms with Gasteiger partial charge in [-0.2, -0.15) is 8.78 Å². The van der Waals surface area contributed by atoms with E-state index in [1.54, 1.807) is 0 Å². The highest BCUT2D eigenvalue weighted by molar-refractivity contribution is 5.97. The molecule has 0 saturated heterocycles. The Hall–Kier alpha value is -3.50. The number of hydrogen-bond donors (Lipinski definition) is 1. The third-order valence-electron chi connectivity index (χ3n) is 2.99. The number of esters is 1. The average Bonchev–Trinajstić information content (AvgIpc) is 3.06. The normalized spacial score (nSPS) is 11.7. The number of alkyl halides is 2. The number of nitrogens with one attached hydrogen (secondary N) is 1. The fraction of sp³-hybridized carbons (Fsp3) is 0.200. The van der Waals surface area contributed by atoms with Gasteiger partial charge in [-0.1, -0.05) is 12.1 Å². The van der Waals surface area contributed by atoms with Gasteiger partial charge in [-0.3, -0.25) is 14.9 Å². The van der Waals surface area contributed by atoms with E-state index < -0.39 is 41.2 Å². The van der Waals surface area contributed by atoms with Gasteiger partial charge >= 0.3 is 18.5 Å². The summed E-state index contributed by atoms with van der Waals surface area (Å²) in [5.74, 6) is -3.32. The van der Waals surface area contributed by atoms with Crippen molar-refractivity contribution in [2.24, 2.45) is 0 Å². The number of anilines is 1. The first kappa shape index (κ1) is 18.8. The number of rotatable bonds is 7. The van der Waals surface area contributed by atoms with E-state index in [1.807, 2.05) is 0 Å². The van der Waals surface area contributed by atoms with Crippen LogP contribution in [-0.2, 0) is 9.53 Å². The van der Waals surface area contributed by atoms with Gasteiger partial charge in [-0.25, -0.2) is 4.79 Å². The van der Waals surface area contributed by atoms with Crippen molar-refractivity contribution in [1.82, 2.24) is 0 Å². The highest BCUT2D eigenvalue weighted by Gasteiger charge is 2.24. The zero-order valence-corrected chi connectivity index (χ0v) is 13.2. The van der Waals surface area contributed by atoms with Crippen LogP contribution in [0.4, 0.5) is 20.4 Å². The predicted molar refractivity (Wildman–Crippen MR) is 81.9 cm³/mol. The summed E-state index contributed by atoms with van der Waals surface area (Å²) in [7, 11) is 0. The van der Waals surface area contributed by atoms with Crippen molar-refractivity contribution in [2.75, 3.05) is 5.32 Å². The van der Waals surface area contributed by atoms with Crippen molar-refractivity contribution in [3.05, 3.63) is 52.3 Å². The minimum absolute atomic E-state index is 0.0469. The summed E-state index contributed by atoms with van der Waals surface area (Å²) < 4.78 is 38.5. The molecule has 0 unspecified atom stereocenters. The largest absolute Gasteiger partial charge is 0.447 e. The van der Waals surface area contributed by atoms with Crippen molar-refractivity contribution >= 4 is 23.4 Å². The van der Waals surface area contributed by atoms with Crippen molar-refractivity contribution in [3.8, 4) is 5.75 Å². The number of furan rings is 1. The highest BCUT2D eigenvalue weighted by atomic mass is 19.3. The Balaban J connectivity index is 2.01. The molecule has 0 bridgehead atoms. The van der Waals surface area contributed by atoms with Crippen LogP contribution >= 0.6 is 0 Å².